The maximum absolute atomic E-state index is 4.73. The van der Waals surface area contributed by atoms with Gasteiger partial charge in [-0.1, -0.05) is 30.0 Å². The molecule has 0 aliphatic rings. The molecule has 25 heavy (non-hydrogen) atoms. The van der Waals surface area contributed by atoms with Crippen LogP contribution in [0.5, 0.6) is 0 Å². The van der Waals surface area contributed by atoms with Crippen LogP contribution in [0.25, 0.3) is 16.2 Å². The zero-order chi connectivity index (χ0) is 17.1. The van der Waals surface area contributed by atoms with E-state index >= 15 is 0 Å². The van der Waals surface area contributed by atoms with E-state index in [0.29, 0.717) is 0 Å². The zero-order valence-electron chi connectivity index (χ0n) is 13.7. The predicted octanol–water partition coefficient (Wildman–Crippen LogP) is 4.29. The Balaban J connectivity index is 1.72. The van der Waals surface area contributed by atoms with Gasteiger partial charge in [0.15, 0.2) is 5.65 Å². The molecule has 1 N–H and O–H groups in total. The quantitative estimate of drug-likeness (QED) is 0.564. The van der Waals surface area contributed by atoms with Crippen molar-refractivity contribution in [2.24, 2.45) is 0 Å². The van der Waals surface area contributed by atoms with E-state index in [1.54, 1.807) is 23.7 Å². The van der Waals surface area contributed by atoms with Gasteiger partial charge in [-0.2, -0.15) is 0 Å². The van der Waals surface area contributed by atoms with Crippen LogP contribution in [0.4, 0.5) is 5.82 Å². The highest BCUT2D eigenvalue weighted by Gasteiger charge is 2.15. The minimum Gasteiger partial charge on any atom is -0.370 e. The highest BCUT2D eigenvalue weighted by Crippen LogP contribution is 2.33. The van der Waals surface area contributed by atoms with Crippen LogP contribution in [0.2, 0.25) is 0 Å². The number of hydrogen-bond acceptors (Lipinski definition) is 4. The predicted molar refractivity (Wildman–Crippen MR) is 103 cm³/mol. The van der Waals surface area contributed by atoms with Crippen molar-refractivity contribution in [3.63, 3.8) is 0 Å². The molecular weight excluding hydrogens is 328 g/mol. The molecule has 5 heteroatoms. The summed E-state index contributed by atoms with van der Waals surface area (Å²) in [6.07, 6.45) is 5.46. The van der Waals surface area contributed by atoms with Crippen LogP contribution < -0.4 is 5.32 Å². The largest absolute Gasteiger partial charge is 0.370 e. The van der Waals surface area contributed by atoms with Crippen LogP contribution in [0, 0.1) is 11.8 Å². The van der Waals surface area contributed by atoms with Gasteiger partial charge in [0.25, 0.3) is 0 Å². The van der Waals surface area contributed by atoms with Gasteiger partial charge in [-0.3, -0.25) is 9.38 Å². The van der Waals surface area contributed by atoms with E-state index in [1.165, 1.54) is 0 Å². The number of benzene rings is 1. The summed E-state index contributed by atoms with van der Waals surface area (Å²) in [7, 11) is 0. The molecule has 4 aromatic rings. The first-order chi connectivity index (χ1) is 12.3. The third-order valence-corrected chi connectivity index (χ3v) is 4.73. The molecular formula is C20H16N4S. The Morgan fingerprint density at radius 1 is 1.12 bits per heavy atom. The highest BCUT2D eigenvalue weighted by molar-refractivity contribution is 7.16. The van der Waals surface area contributed by atoms with E-state index in [0.717, 1.165) is 39.0 Å². The number of nitrogens with zero attached hydrogens (tertiary/aromatic N) is 3. The fourth-order valence-corrected chi connectivity index (χ4v) is 3.45. The molecule has 0 aliphatic heterocycles. The molecule has 0 aliphatic carbocycles. The molecule has 3 heterocycles. The first-order valence-corrected chi connectivity index (χ1v) is 8.90. The highest BCUT2D eigenvalue weighted by atomic mass is 32.1. The van der Waals surface area contributed by atoms with Gasteiger partial charge in [0, 0.05) is 24.5 Å². The molecule has 0 fully saturated rings. The van der Waals surface area contributed by atoms with Crippen molar-refractivity contribution in [1.29, 1.82) is 0 Å². The van der Waals surface area contributed by atoms with Gasteiger partial charge < -0.3 is 5.32 Å². The Morgan fingerprint density at radius 3 is 2.84 bits per heavy atom. The minimum absolute atomic E-state index is 0.829. The lowest BCUT2D eigenvalue weighted by molar-refractivity contribution is 1.09. The molecule has 4 nitrogen and oxygen atoms in total. The Labute approximate surface area is 150 Å². The molecule has 0 unspecified atom stereocenters. The Kier molecular flexibility index (Phi) is 4.19. The molecule has 1 aromatic carbocycles. The maximum atomic E-state index is 4.73. The third kappa shape index (κ3) is 3.12. The van der Waals surface area contributed by atoms with Gasteiger partial charge in [-0.25, -0.2) is 4.98 Å². The first kappa shape index (κ1) is 15.4. The van der Waals surface area contributed by atoms with Gasteiger partial charge in [0.05, 0.1) is 16.0 Å². The van der Waals surface area contributed by atoms with Crippen molar-refractivity contribution in [3.8, 4) is 22.4 Å². The molecule has 3 aromatic heterocycles. The summed E-state index contributed by atoms with van der Waals surface area (Å²) in [4.78, 5) is 11.0. The standard InChI is InChI=1S/C20H16N4S/c1-2-22-20-19(23-18-14-21-12-13-24(18)20)17-11-10-16(25-17)9-8-15-6-4-3-5-7-15/h3-7,10-14,22H,2H2,1H3. The van der Waals surface area contributed by atoms with Gasteiger partial charge >= 0.3 is 0 Å². The van der Waals surface area contributed by atoms with E-state index in [2.05, 4.69) is 35.1 Å². The maximum Gasteiger partial charge on any atom is 0.157 e. The topological polar surface area (TPSA) is 42.2 Å². The van der Waals surface area contributed by atoms with Crippen LogP contribution in [-0.4, -0.2) is 20.9 Å². The normalized spacial score (nSPS) is 10.4. The van der Waals surface area contributed by atoms with Gasteiger partial charge in [-0.05, 0) is 31.2 Å². The molecule has 122 valence electrons. The summed E-state index contributed by atoms with van der Waals surface area (Å²) in [6, 6.07) is 14.1. The fourth-order valence-electron chi connectivity index (χ4n) is 2.60. The van der Waals surface area contributed by atoms with Crippen LogP contribution in [-0.2, 0) is 0 Å². The van der Waals surface area contributed by atoms with Crippen LogP contribution in [0.3, 0.4) is 0 Å². The number of rotatable bonds is 3. The zero-order valence-corrected chi connectivity index (χ0v) is 14.5. The fraction of sp³-hybridized carbons (Fsp3) is 0.100. The lowest BCUT2D eigenvalue weighted by Gasteiger charge is -2.04. The van der Waals surface area contributed by atoms with Crippen molar-refractivity contribution in [2.45, 2.75) is 6.92 Å². The average Bonchev–Trinajstić information content (AvgIpc) is 3.26. The second kappa shape index (κ2) is 6.80. The summed E-state index contributed by atoms with van der Waals surface area (Å²) < 4.78 is 2.03. The molecule has 4 rings (SSSR count). The van der Waals surface area contributed by atoms with Crippen molar-refractivity contribution in [2.75, 3.05) is 11.9 Å². The number of nitrogens with one attached hydrogen (secondary N) is 1. The number of hydrogen-bond donors (Lipinski definition) is 1. The summed E-state index contributed by atoms with van der Waals surface area (Å²) >= 11 is 1.65. The number of anilines is 1. The van der Waals surface area contributed by atoms with Crippen LogP contribution in [0.15, 0.2) is 61.1 Å². The smallest absolute Gasteiger partial charge is 0.157 e. The number of aromatic nitrogens is 3. The lowest BCUT2D eigenvalue weighted by atomic mass is 10.2. The van der Waals surface area contributed by atoms with Crippen molar-refractivity contribution in [3.05, 3.63) is 71.5 Å². The van der Waals surface area contributed by atoms with Crippen LogP contribution in [0.1, 0.15) is 17.4 Å². The molecule has 0 bridgehead atoms. The minimum atomic E-state index is 0.829. The summed E-state index contributed by atoms with van der Waals surface area (Å²) in [5, 5.41) is 3.41. The summed E-state index contributed by atoms with van der Waals surface area (Å²) in [5.74, 6) is 7.43. The van der Waals surface area contributed by atoms with Crippen molar-refractivity contribution < 1.29 is 0 Å². The number of thiophene rings is 1. The van der Waals surface area contributed by atoms with Crippen LogP contribution >= 0.6 is 11.3 Å². The van der Waals surface area contributed by atoms with E-state index in [-0.39, 0.29) is 0 Å². The Hall–Kier alpha value is -3.10. The van der Waals surface area contributed by atoms with E-state index in [1.807, 2.05) is 47.0 Å². The molecule has 0 atom stereocenters. The van der Waals surface area contributed by atoms with Gasteiger partial charge in [-0.15, -0.1) is 11.3 Å². The SMILES string of the molecule is CCNc1c(-c2ccc(C#Cc3ccccc3)s2)nc2cnccn12. The van der Waals surface area contributed by atoms with E-state index < -0.39 is 0 Å². The molecule has 0 amide bonds. The summed E-state index contributed by atoms with van der Waals surface area (Å²) in [5.41, 5.74) is 2.79. The Bertz CT molecular complexity index is 1070. The van der Waals surface area contributed by atoms with Crippen molar-refractivity contribution in [1.82, 2.24) is 14.4 Å². The number of imidazole rings is 1. The molecule has 0 radical (unpaired) electrons. The average molecular weight is 344 g/mol. The molecule has 0 saturated heterocycles. The van der Waals surface area contributed by atoms with E-state index in [4.69, 9.17) is 4.98 Å². The second-order valence-corrected chi connectivity index (χ2v) is 6.51. The van der Waals surface area contributed by atoms with Crippen molar-refractivity contribution >= 4 is 22.8 Å². The van der Waals surface area contributed by atoms with Gasteiger partial charge in [0.2, 0.25) is 0 Å². The molecule has 0 saturated carbocycles. The lowest BCUT2D eigenvalue weighted by Crippen LogP contribution is -2.01. The first-order valence-electron chi connectivity index (χ1n) is 8.08. The van der Waals surface area contributed by atoms with Gasteiger partial charge in [0.1, 0.15) is 11.5 Å². The summed E-state index contributed by atoms with van der Waals surface area (Å²) in [6.45, 7) is 2.91. The monoisotopic (exact) mass is 344 g/mol. The Morgan fingerprint density at radius 2 is 2.00 bits per heavy atom. The number of fused-ring (bicyclic) bond motifs is 1. The second-order valence-electron chi connectivity index (χ2n) is 5.42. The van der Waals surface area contributed by atoms with E-state index in [9.17, 15) is 0 Å². The molecule has 0 spiro atoms. The third-order valence-electron chi connectivity index (χ3n) is 3.72.